The number of hydrogen-bond donors (Lipinski definition) is 2. The summed E-state index contributed by atoms with van der Waals surface area (Å²) < 4.78 is 31.8. The molecule has 0 fully saturated rings. The molecule has 3 rings (SSSR count). The van der Waals surface area contributed by atoms with Gasteiger partial charge in [-0.1, -0.05) is 25.5 Å². The maximum atomic E-state index is 12.6. The minimum absolute atomic E-state index is 0.154. The Bertz CT molecular complexity index is 1060. The zero-order valence-electron chi connectivity index (χ0n) is 15.5. The monoisotopic (exact) mass is 416 g/mol. The lowest BCUT2D eigenvalue weighted by Gasteiger charge is -2.06. The number of benzene rings is 2. The van der Waals surface area contributed by atoms with E-state index >= 15 is 0 Å². The van der Waals surface area contributed by atoms with Crippen LogP contribution in [0, 0.1) is 0 Å². The number of anilines is 2. The van der Waals surface area contributed by atoms with E-state index < -0.39 is 10.0 Å². The molecule has 0 spiro atoms. The lowest BCUT2D eigenvalue weighted by molar-refractivity contribution is -0.114. The molecule has 0 unspecified atom stereocenters. The van der Waals surface area contributed by atoms with Gasteiger partial charge in [0.15, 0.2) is 5.82 Å². The summed E-state index contributed by atoms with van der Waals surface area (Å²) in [5.41, 5.74) is 2.49. The van der Waals surface area contributed by atoms with Crippen LogP contribution >= 0.6 is 11.5 Å². The Morgan fingerprint density at radius 2 is 1.75 bits per heavy atom. The second kappa shape index (κ2) is 8.49. The molecule has 0 radical (unpaired) electrons. The van der Waals surface area contributed by atoms with E-state index in [-0.39, 0.29) is 15.9 Å². The number of amides is 1. The predicted octanol–water partition coefficient (Wildman–Crippen LogP) is 3.92. The fourth-order valence-electron chi connectivity index (χ4n) is 2.59. The molecule has 1 amide bonds. The summed E-state index contributed by atoms with van der Waals surface area (Å²) in [5.74, 6) is 0.259. The van der Waals surface area contributed by atoms with Crippen molar-refractivity contribution in [1.82, 2.24) is 9.36 Å². The van der Waals surface area contributed by atoms with Crippen LogP contribution in [0.15, 0.2) is 53.4 Å². The Morgan fingerprint density at radius 3 is 2.36 bits per heavy atom. The first-order valence-corrected chi connectivity index (χ1v) is 11.0. The van der Waals surface area contributed by atoms with E-state index in [1.54, 1.807) is 36.4 Å². The van der Waals surface area contributed by atoms with Crippen LogP contribution in [0.1, 0.15) is 25.8 Å². The van der Waals surface area contributed by atoms with Crippen molar-refractivity contribution in [3.05, 3.63) is 54.1 Å². The number of nitrogens with zero attached hydrogens (tertiary/aromatic N) is 2. The minimum atomic E-state index is -3.72. The van der Waals surface area contributed by atoms with Crippen LogP contribution in [0.5, 0.6) is 0 Å². The van der Waals surface area contributed by atoms with Gasteiger partial charge in [-0.05, 0) is 48.4 Å². The molecule has 7 nitrogen and oxygen atoms in total. The Morgan fingerprint density at radius 1 is 1.07 bits per heavy atom. The molecular formula is C19H20N4O3S2. The fraction of sp³-hybridized carbons (Fsp3) is 0.211. The number of carbonyl (C=O) groups is 1. The summed E-state index contributed by atoms with van der Waals surface area (Å²) >= 11 is 0.971. The molecule has 0 aliphatic heterocycles. The van der Waals surface area contributed by atoms with E-state index in [1.807, 2.05) is 12.1 Å². The molecule has 0 aliphatic rings. The molecule has 1 aromatic heterocycles. The molecule has 0 saturated heterocycles. The Balaban J connectivity index is 1.73. The van der Waals surface area contributed by atoms with Crippen molar-refractivity contribution in [1.29, 1.82) is 0 Å². The number of sulfonamides is 1. The van der Waals surface area contributed by atoms with Crippen LogP contribution in [0.2, 0.25) is 0 Å². The van der Waals surface area contributed by atoms with Crippen LogP contribution in [0.4, 0.5) is 10.8 Å². The number of carbonyl (C=O) groups excluding carboxylic acids is 1. The summed E-state index contributed by atoms with van der Waals surface area (Å²) in [6.07, 6.45) is 1.91. The number of rotatable bonds is 7. The summed E-state index contributed by atoms with van der Waals surface area (Å²) in [6.45, 7) is 3.51. The smallest absolute Gasteiger partial charge is 0.263 e. The quantitative estimate of drug-likeness (QED) is 0.608. The van der Waals surface area contributed by atoms with E-state index in [9.17, 15) is 13.2 Å². The van der Waals surface area contributed by atoms with Gasteiger partial charge in [0.05, 0.1) is 4.90 Å². The van der Waals surface area contributed by atoms with Crippen molar-refractivity contribution in [2.24, 2.45) is 0 Å². The summed E-state index contributed by atoms with van der Waals surface area (Å²) in [6, 6.07) is 13.8. The first-order valence-electron chi connectivity index (χ1n) is 8.71. The van der Waals surface area contributed by atoms with Gasteiger partial charge in [-0.2, -0.15) is 9.36 Å². The lowest BCUT2D eigenvalue weighted by Crippen LogP contribution is -2.12. The second-order valence-corrected chi connectivity index (χ2v) is 8.62. The number of aryl methyl sites for hydroxylation is 1. The SMILES string of the molecule is CCCc1ccc(S(=O)(=O)Nc2nc(-c3ccc(NC(C)=O)cc3)ns2)cc1. The van der Waals surface area contributed by atoms with Gasteiger partial charge in [-0.3, -0.25) is 9.52 Å². The molecule has 2 N–H and O–H groups in total. The van der Waals surface area contributed by atoms with E-state index in [0.29, 0.717) is 11.5 Å². The van der Waals surface area contributed by atoms with Gasteiger partial charge >= 0.3 is 0 Å². The van der Waals surface area contributed by atoms with Crippen molar-refractivity contribution in [3.63, 3.8) is 0 Å². The molecule has 0 saturated carbocycles. The summed E-state index contributed by atoms with van der Waals surface area (Å²) in [7, 11) is -3.72. The van der Waals surface area contributed by atoms with Gasteiger partial charge in [0.1, 0.15) is 0 Å². The topological polar surface area (TPSA) is 101 Å². The standard InChI is InChI=1S/C19H20N4O3S2/c1-3-4-14-5-11-17(12-6-14)28(25,26)23-19-21-18(22-27-19)15-7-9-16(10-8-15)20-13(2)24/h5-12H,3-4H2,1-2H3,(H,20,24)(H,21,22,23). The van der Waals surface area contributed by atoms with Gasteiger partial charge in [0.25, 0.3) is 10.0 Å². The van der Waals surface area contributed by atoms with Crippen molar-refractivity contribution in [2.45, 2.75) is 31.6 Å². The predicted molar refractivity (Wildman–Crippen MR) is 111 cm³/mol. The third-order valence-electron chi connectivity index (χ3n) is 3.88. The molecule has 9 heteroatoms. The first kappa shape index (κ1) is 20.0. The number of nitrogens with one attached hydrogen (secondary N) is 2. The average molecular weight is 417 g/mol. The highest BCUT2D eigenvalue weighted by Gasteiger charge is 2.17. The normalized spacial score (nSPS) is 11.2. The van der Waals surface area contributed by atoms with Crippen LogP contribution in [-0.2, 0) is 21.2 Å². The first-order chi connectivity index (χ1) is 13.4. The molecule has 3 aromatic rings. The van der Waals surface area contributed by atoms with Crippen molar-refractivity contribution < 1.29 is 13.2 Å². The van der Waals surface area contributed by atoms with Crippen molar-refractivity contribution in [2.75, 3.05) is 10.0 Å². The maximum Gasteiger partial charge on any atom is 0.263 e. The molecule has 2 aromatic carbocycles. The molecule has 0 atom stereocenters. The van der Waals surface area contributed by atoms with Crippen LogP contribution in [0.3, 0.4) is 0 Å². The maximum absolute atomic E-state index is 12.6. The highest BCUT2D eigenvalue weighted by atomic mass is 32.2. The van der Waals surface area contributed by atoms with Gasteiger partial charge in [-0.15, -0.1) is 0 Å². The Hall–Kier alpha value is -2.78. The van der Waals surface area contributed by atoms with Crippen molar-refractivity contribution >= 4 is 38.3 Å². The second-order valence-electron chi connectivity index (χ2n) is 6.18. The molecule has 1 heterocycles. The van der Waals surface area contributed by atoms with Gasteiger partial charge in [0.2, 0.25) is 11.0 Å². The molecule has 28 heavy (non-hydrogen) atoms. The molecule has 146 valence electrons. The zero-order valence-corrected chi connectivity index (χ0v) is 17.1. The van der Waals surface area contributed by atoms with E-state index in [4.69, 9.17) is 0 Å². The average Bonchev–Trinajstić information content (AvgIpc) is 3.10. The summed E-state index contributed by atoms with van der Waals surface area (Å²) in [4.78, 5) is 15.5. The largest absolute Gasteiger partial charge is 0.326 e. The highest BCUT2D eigenvalue weighted by Crippen LogP contribution is 2.24. The van der Waals surface area contributed by atoms with Gasteiger partial charge in [-0.25, -0.2) is 8.42 Å². The van der Waals surface area contributed by atoms with Gasteiger partial charge < -0.3 is 5.32 Å². The van der Waals surface area contributed by atoms with Gasteiger partial charge in [0, 0.05) is 29.7 Å². The van der Waals surface area contributed by atoms with Crippen LogP contribution in [0.25, 0.3) is 11.4 Å². The number of hydrogen-bond acceptors (Lipinski definition) is 6. The Kier molecular flexibility index (Phi) is 6.05. The number of aromatic nitrogens is 2. The minimum Gasteiger partial charge on any atom is -0.326 e. The molecule has 0 aliphatic carbocycles. The summed E-state index contributed by atoms with van der Waals surface area (Å²) in [5, 5.41) is 2.87. The highest BCUT2D eigenvalue weighted by molar-refractivity contribution is 7.93. The van der Waals surface area contributed by atoms with Crippen molar-refractivity contribution in [3.8, 4) is 11.4 Å². The molecular weight excluding hydrogens is 396 g/mol. The third-order valence-corrected chi connectivity index (χ3v) is 6.00. The van der Waals surface area contributed by atoms with E-state index in [1.165, 1.54) is 6.92 Å². The fourth-order valence-corrected chi connectivity index (χ4v) is 4.40. The van der Waals surface area contributed by atoms with Crippen LogP contribution < -0.4 is 10.0 Å². The third kappa shape index (κ3) is 4.93. The molecule has 0 bridgehead atoms. The van der Waals surface area contributed by atoms with E-state index in [0.717, 1.165) is 35.5 Å². The Labute approximate surface area is 168 Å². The lowest BCUT2D eigenvalue weighted by atomic mass is 10.1. The van der Waals surface area contributed by atoms with Crippen LogP contribution in [-0.4, -0.2) is 23.7 Å². The zero-order chi connectivity index (χ0) is 20.1. The van der Waals surface area contributed by atoms with E-state index in [2.05, 4.69) is 26.3 Å².